The first kappa shape index (κ1) is 11.9. The maximum absolute atomic E-state index is 12.3. The van der Waals surface area contributed by atoms with Crippen LogP contribution in [0, 0.1) is 12.8 Å². The van der Waals surface area contributed by atoms with Crippen LogP contribution in [0.4, 0.5) is 0 Å². The summed E-state index contributed by atoms with van der Waals surface area (Å²) in [7, 11) is 1.77. The van der Waals surface area contributed by atoms with E-state index in [1.165, 1.54) is 10.9 Å². The van der Waals surface area contributed by atoms with Gasteiger partial charge in [0.1, 0.15) is 11.7 Å². The quantitative estimate of drug-likeness (QED) is 0.770. The Bertz CT molecular complexity index is 703. The van der Waals surface area contributed by atoms with Crippen molar-refractivity contribution in [2.45, 2.75) is 19.9 Å². The first-order valence-corrected chi connectivity index (χ1v) is 6.14. The fourth-order valence-electron chi connectivity index (χ4n) is 2.44. The molecule has 1 unspecified atom stereocenters. The van der Waals surface area contributed by atoms with Gasteiger partial charge in [-0.1, -0.05) is 5.16 Å². The van der Waals surface area contributed by atoms with Gasteiger partial charge in [0.25, 0.3) is 11.3 Å². The zero-order valence-electron chi connectivity index (χ0n) is 10.8. The molecule has 0 radical (unpaired) electrons. The molecule has 1 atom stereocenters. The number of amides is 1. The lowest BCUT2D eigenvalue weighted by molar-refractivity contribution is -0.130. The average molecular weight is 262 g/mol. The Balaban J connectivity index is 1.98. The topological polar surface area (TPSA) is 81.2 Å². The summed E-state index contributed by atoms with van der Waals surface area (Å²) in [5, 5.41) is 4.12. The summed E-state index contributed by atoms with van der Waals surface area (Å²) in [6.07, 6.45) is 2.18. The molecular weight excluding hydrogens is 248 g/mol. The average Bonchev–Trinajstić information content (AvgIpc) is 2.91. The highest BCUT2D eigenvalue weighted by atomic mass is 16.5. The summed E-state index contributed by atoms with van der Waals surface area (Å²) in [5.74, 6) is -0.0730. The lowest BCUT2D eigenvalue weighted by Gasteiger charge is -2.11. The zero-order chi connectivity index (χ0) is 13.6. The molecule has 7 nitrogen and oxygen atoms in total. The summed E-state index contributed by atoms with van der Waals surface area (Å²) in [6, 6.07) is 0. The van der Waals surface area contributed by atoms with Gasteiger partial charge in [-0.15, -0.1) is 0 Å². The van der Waals surface area contributed by atoms with Crippen LogP contribution < -0.4 is 5.56 Å². The standard InChI is InChI=1S/C12H14N4O3/c1-7-9-10(19-14-7)13-6-16(12(9)18)5-8-3-4-15(2)11(8)17/h6,8H,3-5H2,1-2H3. The third-order valence-corrected chi connectivity index (χ3v) is 3.59. The van der Waals surface area contributed by atoms with Gasteiger partial charge in [-0.25, -0.2) is 4.98 Å². The Morgan fingerprint density at radius 2 is 2.26 bits per heavy atom. The van der Waals surface area contributed by atoms with Crippen LogP contribution in [-0.4, -0.2) is 39.1 Å². The number of hydrogen-bond donors (Lipinski definition) is 0. The third-order valence-electron chi connectivity index (χ3n) is 3.59. The molecule has 1 fully saturated rings. The van der Waals surface area contributed by atoms with Crippen molar-refractivity contribution >= 4 is 17.0 Å². The van der Waals surface area contributed by atoms with Crippen LogP contribution in [0.5, 0.6) is 0 Å². The molecule has 1 amide bonds. The summed E-state index contributed by atoms with van der Waals surface area (Å²) in [5.41, 5.74) is 0.566. The summed E-state index contributed by atoms with van der Waals surface area (Å²) in [4.78, 5) is 29.9. The maximum Gasteiger partial charge on any atom is 0.266 e. The van der Waals surface area contributed by atoms with E-state index in [0.29, 0.717) is 17.6 Å². The van der Waals surface area contributed by atoms with Crippen LogP contribution >= 0.6 is 0 Å². The number of hydrogen-bond acceptors (Lipinski definition) is 5. The number of aryl methyl sites for hydroxylation is 1. The number of carbonyl (C=O) groups is 1. The molecule has 1 saturated heterocycles. The fraction of sp³-hybridized carbons (Fsp3) is 0.500. The Morgan fingerprint density at radius 1 is 1.47 bits per heavy atom. The number of rotatable bonds is 2. The summed E-state index contributed by atoms with van der Waals surface area (Å²) in [6.45, 7) is 2.80. The molecule has 0 spiro atoms. The van der Waals surface area contributed by atoms with E-state index in [1.54, 1.807) is 18.9 Å². The minimum absolute atomic E-state index is 0.0778. The molecule has 3 heterocycles. The Hall–Kier alpha value is -2.18. The van der Waals surface area contributed by atoms with E-state index in [-0.39, 0.29) is 23.1 Å². The van der Waals surface area contributed by atoms with E-state index in [0.717, 1.165) is 13.0 Å². The predicted molar refractivity (Wildman–Crippen MR) is 66.5 cm³/mol. The lowest BCUT2D eigenvalue weighted by atomic mass is 10.1. The van der Waals surface area contributed by atoms with Crippen LogP contribution in [0.3, 0.4) is 0 Å². The van der Waals surface area contributed by atoms with E-state index < -0.39 is 0 Å². The molecule has 3 rings (SSSR count). The van der Waals surface area contributed by atoms with Crippen molar-refractivity contribution in [2.75, 3.05) is 13.6 Å². The van der Waals surface area contributed by atoms with Gasteiger partial charge in [-0.05, 0) is 13.3 Å². The molecule has 1 aliphatic rings. The number of likely N-dealkylation sites (tertiary alicyclic amines) is 1. The zero-order valence-corrected chi connectivity index (χ0v) is 10.8. The molecular formula is C12H14N4O3. The van der Waals surface area contributed by atoms with E-state index >= 15 is 0 Å². The van der Waals surface area contributed by atoms with Crippen molar-refractivity contribution in [3.63, 3.8) is 0 Å². The minimum Gasteiger partial charge on any atom is -0.345 e. The smallest absolute Gasteiger partial charge is 0.266 e. The van der Waals surface area contributed by atoms with E-state index in [9.17, 15) is 9.59 Å². The molecule has 1 aliphatic heterocycles. The van der Waals surface area contributed by atoms with Crippen molar-refractivity contribution in [3.8, 4) is 0 Å². The molecule has 2 aromatic heterocycles. The van der Waals surface area contributed by atoms with Gasteiger partial charge in [0.15, 0.2) is 0 Å². The third kappa shape index (κ3) is 1.81. The van der Waals surface area contributed by atoms with Crippen LogP contribution in [0.25, 0.3) is 11.1 Å². The number of carbonyl (C=O) groups excluding carboxylic acids is 1. The highest BCUT2D eigenvalue weighted by Crippen LogP contribution is 2.18. The highest BCUT2D eigenvalue weighted by molar-refractivity contribution is 5.80. The van der Waals surface area contributed by atoms with Gasteiger partial charge >= 0.3 is 0 Å². The molecule has 100 valence electrons. The first-order chi connectivity index (χ1) is 9.08. The van der Waals surface area contributed by atoms with Crippen molar-refractivity contribution in [2.24, 2.45) is 5.92 Å². The molecule has 2 aromatic rings. The Kier molecular flexibility index (Phi) is 2.62. The molecule has 0 saturated carbocycles. The molecule has 0 N–H and O–H groups in total. The fourth-order valence-corrected chi connectivity index (χ4v) is 2.44. The summed E-state index contributed by atoms with van der Waals surface area (Å²) >= 11 is 0. The van der Waals surface area contributed by atoms with Crippen molar-refractivity contribution in [1.29, 1.82) is 0 Å². The molecule has 0 bridgehead atoms. The van der Waals surface area contributed by atoms with Crippen LogP contribution in [0.15, 0.2) is 15.6 Å². The monoisotopic (exact) mass is 262 g/mol. The van der Waals surface area contributed by atoms with Crippen LogP contribution in [0.2, 0.25) is 0 Å². The molecule has 19 heavy (non-hydrogen) atoms. The number of fused-ring (bicyclic) bond motifs is 1. The van der Waals surface area contributed by atoms with Gasteiger partial charge in [-0.2, -0.15) is 0 Å². The number of nitrogens with zero attached hydrogens (tertiary/aromatic N) is 4. The molecule has 0 aromatic carbocycles. The van der Waals surface area contributed by atoms with Crippen molar-refractivity contribution in [1.82, 2.24) is 19.6 Å². The normalized spacial score (nSPS) is 19.6. The minimum atomic E-state index is -0.203. The van der Waals surface area contributed by atoms with Crippen molar-refractivity contribution < 1.29 is 9.32 Å². The molecule has 0 aliphatic carbocycles. The van der Waals surface area contributed by atoms with E-state index in [2.05, 4.69) is 10.1 Å². The van der Waals surface area contributed by atoms with E-state index in [1.807, 2.05) is 0 Å². The first-order valence-electron chi connectivity index (χ1n) is 6.14. The Labute approximate surface area is 108 Å². The largest absolute Gasteiger partial charge is 0.345 e. The van der Waals surface area contributed by atoms with Crippen molar-refractivity contribution in [3.05, 3.63) is 22.4 Å². The SMILES string of the molecule is Cc1noc2ncn(CC3CCN(C)C3=O)c(=O)c12. The van der Waals surface area contributed by atoms with Gasteiger partial charge in [0.2, 0.25) is 5.91 Å². The summed E-state index contributed by atoms with van der Waals surface area (Å²) < 4.78 is 6.41. The number of aromatic nitrogens is 3. The second-order valence-electron chi connectivity index (χ2n) is 4.90. The predicted octanol–water partition coefficient (Wildman–Crippen LogP) is 0.171. The van der Waals surface area contributed by atoms with E-state index in [4.69, 9.17) is 4.52 Å². The van der Waals surface area contributed by atoms with Gasteiger partial charge in [0.05, 0.1) is 11.6 Å². The molecule has 7 heteroatoms. The van der Waals surface area contributed by atoms with Crippen LogP contribution in [0.1, 0.15) is 12.1 Å². The highest BCUT2D eigenvalue weighted by Gasteiger charge is 2.29. The Morgan fingerprint density at radius 3 is 2.95 bits per heavy atom. The van der Waals surface area contributed by atoms with Gasteiger partial charge in [0, 0.05) is 20.1 Å². The maximum atomic E-state index is 12.3. The van der Waals surface area contributed by atoms with Gasteiger partial charge < -0.3 is 9.42 Å². The second-order valence-corrected chi connectivity index (χ2v) is 4.90. The second kappa shape index (κ2) is 4.18. The van der Waals surface area contributed by atoms with Crippen LogP contribution in [-0.2, 0) is 11.3 Å². The van der Waals surface area contributed by atoms with Gasteiger partial charge in [-0.3, -0.25) is 14.2 Å². The lowest BCUT2D eigenvalue weighted by Crippen LogP contribution is -2.29.